The molecule has 6 nitrogen and oxygen atoms in total. The molecule has 3 aromatic rings. The predicted molar refractivity (Wildman–Crippen MR) is 131 cm³/mol. The van der Waals surface area contributed by atoms with Crippen LogP contribution >= 0.6 is 23.1 Å². The summed E-state index contributed by atoms with van der Waals surface area (Å²) >= 11 is 2.84. The molecule has 1 amide bonds. The molecule has 1 saturated heterocycles. The van der Waals surface area contributed by atoms with Crippen LogP contribution in [-0.4, -0.2) is 45.8 Å². The van der Waals surface area contributed by atoms with E-state index in [1.54, 1.807) is 21.6 Å². The van der Waals surface area contributed by atoms with Gasteiger partial charge in [0.25, 0.3) is 5.56 Å². The molecule has 0 bridgehead atoms. The number of hydrogen-bond donors (Lipinski definition) is 0. The second-order valence-corrected chi connectivity index (χ2v) is 10.4. The molecule has 176 valence electrons. The lowest BCUT2D eigenvalue weighted by Gasteiger charge is -2.33. The van der Waals surface area contributed by atoms with Gasteiger partial charge in [0.1, 0.15) is 16.8 Å². The van der Waals surface area contributed by atoms with Crippen molar-refractivity contribution in [3.05, 3.63) is 56.4 Å². The number of fused-ring (bicyclic) bond motifs is 1. The number of rotatable bonds is 7. The van der Waals surface area contributed by atoms with Crippen molar-refractivity contribution in [2.75, 3.05) is 25.4 Å². The molecule has 0 aliphatic carbocycles. The van der Waals surface area contributed by atoms with Gasteiger partial charge < -0.3 is 9.64 Å². The van der Waals surface area contributed by atoms with Gasteiger partial charge in [0, 0.05) is 18.0 Å². The van der Waals surface area contributed by atoms with E-state index in [1.165, 1.54) is 35.2 Å². The van der Waals surface area contributed by atoms with Crippen molar-refractivity contribution < 1.29 is 13.9 Å². The smallest absolute Gasteiger partial charge is 0.263 e. The quantitative estimate of drug-likeness (QED) is 0.355. The lowest BCUT2D eigenvalue weighted by Crippen LogP contribution is -2.43. The molecule has 1 aliphatic heterocycles. The van der Waals surface area contributed by atoms with Crippen LogP contribution in [0.3, 0.4) is 0 Å². The highest BCUT2D eigenvalue weighted by atomic mass is 32.2. The third kappa shape index (κ3) is 5.15. The van der Waals surface area contributed by atoms with E-state index < -0.39 is 0 Å². The lowest BCUT2D eigenvalue weighted by molar-refractivity contribution is -0.136. The van der Waals surface area contributed by atoms with Gasteiger partial charge in [0.2, 0.25) is 5.91 Å². The first-order valence-electron chi connectivity index (χ1n) is 11.2. The van der Waals surface area contributed by atoms with Gasteiger partial charge in [-0.1, -0.05) is 37.2 Å². The van der Waals surface area contributed by atoms with E-state index in [2.05, 4.69) is 6.92 Å². The molecule has 1 aromatic carbocycles. The average molecular weight is 490 g/mol. The van der Waals surface area contributed by atoms with E-state index in [0.29, 0.717) is 36.8 Å². The number of halogens is 1. The van der Waals surface area contributed by atoms with Gasteiger partial charge >= 0.3 is 0 Å². The standard InChI is InChI=1S/C24H28FN3O3S2/c1-4-5-10-28-23(30)21-15(2)16(3)33-22(21)26-24(28)32-14-20(29)27-11-12-31-19(13-27)17-6-8-18(25)9-7-17/h6-9,19H,4-5,10-14H2,1-3H3. The van der Waals surface area contributed by atoms with Crippen molar-refractivity contribution >= 4 is 39.2 Å². The molecular formula is C24H28FN3O3S2. The molecule has 1 aliphatic rings. The number of carbonyl (C=O) groups excluding carboxylic acids is 1. The van der Waals surface area contributed by atoms with Gasteiger partial charge in [-0.05, 0) is 43.5 Å². The molecule has 0 spiro atoms. The molecule has 1 atom stereocenters. The van der Waals surface area contributed by atoms with E-state index in [-0.39, 0.29) is 29.1 Å². The Morgan fingerprint density at radius 1 is 1.30 bits per heavy atom. The first-order chi connectivity index (χ1) is 15.9. The highest BCUT2D eigenvalue weighted by molar-refractivity contribution is 7.99. The average Bonchev–Trinajstić information content (AvgIpc) is 3.10. The van der Waals surface area contributed by atoms with Crippen LogP contribution in [0.1, 0.15) is 41.9 Å². The number of nitrogens with zero attached hydrogens (tertiary/aromatic N) is 3. The van der Waals surface area contributed by atoms with Crippen LogP contribution in [0.4, 0.5) is 4.39 Å². The van der Waals surface area contributed by atoms with Crippen LogP contribution in [0.5, 0.6) is 0 Å². The summed E-state index contributed by atoms with van der Waals surface area (Å²) in [5, 5.41) is 1.29. The molecule has 1 unspecified atom stereocenters. The molecule has 4 rings (SSSR count). The van der Waals surface area contributed by atoms with Crippen LogP contribution in [-0.2, 0) is 16.1 Å². The first-order valence-corrected chi connectivity index (χ1v) is 13.0. The lowest BCUT2D eigenvalue weighted by atomic mass is 10.1. The Kier molecular flexibility index (Phi) is 7.51. The zero-order valence-corrected chi connectivity index (χ0v) is 20.7. The number of morpholine rings is 1. The molecule has 33 heavy (non-hydrogen) atoms. The summed E-state index contributed by atoms with van der Waals surface area (Å²) in [6, 6.07) is 6.19. The second kappa shape index (κ2) is 10.4. The maximum atomic E-state index is 13.2. The summed E-state index contributed by atoms with van der Waals surface area (Å²) in [5.41, 5.74) is 1.82. The molecule has 1 fully saturated rings. The summed E-state index contributed by atoms with van der Waals surface area (Å²) in [5.74, 6) is -0.122. The largest absolute Gasteiger partial charge is 0.370 e. The molecule has 0 radical (unpaired) electrons. The summed E-state index contributed by atoms with van der Waals surface area (Å²) in [6.07, 6.45) is 1.57. The minimum Gasteiger partial charge on any atom is -0.370 e. The van der Waals surface area contributed by atoms with Gasteiger partial charge in [-0.25, -0.2) is 9.37 Å². The Morgan fingerprint density at radius 3 is 2.79 bits per heavy atom. The second-order valence-electron chi connectivity index (χ2n) is 8.21. The van der Waals surface area contributed by atoms with Crippen LogP contribution in [0.15, 0.2) is 34.2 Å². The van der Waals surface area contributed by atoms with Crippen molar-refractivity contribution in [3.8, 4) is 0 Å². The van der Waals surface area contributed by atoms with Crippen LogP contribution < -0.4 is 5.56 Å². The first kappa shape index (κ1) is 23.9. The van der Waals surface area contributed by atoms with Crippen LogP contribution in [0, 0.1) is 19.7 Å². The van der Waals surface area contributed by atoms with E-state index in [9.17, 15) is 14.0 Å². The third-order valence-electron chi connectivity index (χ3n) is 5.97. The monoisotopic (exact) mass is 489 g/mol. The van der Waals surface area contributed by atoms with Crippen molar-refractivity contribution in [3.63, 3.8) is 0 Å². The number of thiophene rings is 1. The Hall–Kier alpha value is -2.23. The maximum Gasteiger partial charge on any atom is 0.263 e. The summed E-state index contributed by atoms with van der Waals surface area (Å²) in [6.45, 7) is 8.00. The fourth-order valence-electron chi connectivity index (χ4n) is 3.90. The zero-order chi connectivity index (χ0) is 23.5. The van der Waals surface area contributed by atoms with Gasteiger partial charge in [-0.2, -0.15) is 0 Å². The topological polar surface area (TPSA) is 64.4 Å². The van der Waals surface area contributed by atoms with E-state index in [1.807, 2.05) is 13.8 Å². The van der Waals surface area contributed by atoms with E-state index in [4.69, 9.17) is 9.72 Å². The fraction of sp³-hybridized carbons (Fsp3) is 0.458. The highest BCUT2D eigenvalue weighted by Gasteiger charge is 2.26. The van der Waals surface area contributed by atoms with Crippen LogP contribution in [0.25, 0.3) is 10.2 Å². The Bertz CT molecular complexity index is 1210. The minimum atomic E-state index is -0.298. The fourth-order valence-corrected chi connectivity index (χ4v) is 5.90. The SMILES string of the molecule is CCCCn1c(SCC(=O)N2CCOC(c3ccc(F)cc3)C2)nc2sc(C)c(C)c2c1=O. The van der Waals surface area contributed by atoms with E-state index in [0.717, 1.165) is 33.7 Å². The molecule has 2 aromatic heterocycles. The molecule has 3 heterocycles. The number of ether oxygens (including phenoxy) is 1. The summed E-state index contributed by atoms with van der Waals surface area (Å²) in [7, 11) is 0. The summed E-state index contributed by atoms with van der Waals surface area (Å²) < 4.78 is 20.8. The Morgan fingerprint density at radius 2 is 2.06 bits per heavy atom. The number of aromatic nitrogens is 2. The minimum absolute atomic E-state index is 0.0204. The number of amides is 1. The molecule has 0 N–H and O–H groups in total. The summed E-state index contributed by atoms with van der Waals surface area (Å²) in [4.78, 5) is 34.6. The zero-order valence-electron chi connectivity index (χ0n) is 19.1. The molecule has 0 saturated carbocycles. The Balaban J connectivity index is 1.50. The number of carbonyl (C=O) groups is 1. The van der Waals surface area contributed by atoms with Crippen molar-refractivity contribution in [1.82, 2.24) is 14.5 Å². The van der Waals surface area contributed by atoms with Crippen molar-refractivity contribution in [1.29, 1.82) is 0 Å². The molecule has 9 heteroatoms. The number of thioether (sulfide) groups is 1. The number of hydrogen-bond acceptors (Lipinski definition) is 6. The maximum absolute atomic E-state index is 13.2. The van der Waals surface area contributed by atoms with Gasteiger partial charge in [-0.15, -0.1) is 11.3 Å². The predicted octanol–water partition coefficient (Wildman–Crippen LogP) is 4.71. The highest BCUT2D eigenvalue weighted by Crippen LogP contribution is 2.29. The van der Waals surface area contributed by atoms with Crippen molar-refractivity contribution in [2.24, 2.45) is 0 Å². The number of aryl methyl sites for hydroxylation is 2. The van der Waals surface area contributed by atoms with Gasteiger partial charge in [-0.3, -0.25) is 14.2 Å². The van der Waals surface area contributed by atoms with Gasteiger partial charge in [0.05, 0.1) is 24.3 Å². The third-order valence-corrected chi connectivity index (χ3v) is 8.04. The van der Waals surface area contributed by atoms with Crippen LogP contribution in [0.2, 0.25) is 0 Å². The molecular weight excluding hydrogens is 461 g/mol. The Labute approximate surface area is 200 Å². The number of benzene rings is 1. The number of unbranched alkanes of at least 4 members (excludes halogenated alkanes) is 1. The normalized spacial score (nSPS) is 16.5. The van der Waals surface area contributed by atoms with E-state index >= 15 is 0 Å². The van der Waals surface area contributed by atoms with Gasteiger partial charge in [0.15, 0.2) is 5.16 Å². The van der Waals surface area contributed by atoms with Crippen molar-refractivity contribution in [2.45, 2.75) is 51.4 Å².